The van der Waals surface area contributed by atoms with Crippen LogP contribution in [0.2, 0.25) is 0 Å². The summed E-state index contributed by atoms with van der Waals surface area (Å²) < 4.78 is 5.63. The minimum absolute atomic E-state index is 0.115. The van der Waals surface area contributed by atoms with Gasteiger partial charge in [-0.05, 0) is 69.8 Å². The maximum Gasteiger partial charge on any atom is 0.287 e. The lowest BCUT2D eigenvalue weighted by Crippen LogP contribution is -2.35. The molecule has 0 radical (unpaired) electrons. The molecule has 0 spiro atoms. The van der Waals surface area contributed by atoms with E-state index in [1.54, 1.807) is 0 Å². The minimum atomic E-state index is -0.115. The zero-order chi connectivity index (χ0) is 16.9. The summed E-state index contributed by atoms with van der Waals surface area (Å²) in [5.74, 6) is 1.12. The van der Waals surface area contributed by atoms with Gasteiger partial charge in [0.1, 0.15) is 5.58 Å². The summed E-state index contributed by atoms with van der Waals surface area (Å²) in [4.78, 5) is 14.7. The third kappa shape index (κ3) is 4.38. The van der Waals surface area contributed by atoms with Crippen molar-refractivity contribution in [3.8, 4) is 0 Å². The molecular weight excluding hydrogens is 300 g/mol. The summed E-state index contributed by atoms with van der Waals surface area (Å²) in [6.07, 6.45) is 4.83. The molecule has 1 saturated heterocycles. The maximum atomic E-state index is 12.2. The molecule has 0 saturated carbocycles. The van der Waals surface area contributed by atoms with Crippen LogP contribution in [0.25, 0.3) is 11.0 Å². The van der Waals surface area contributed by atoms with Crippen LogP contribution in [-0.4, -0.2) is 37.0 Å². The monoisotopic (exact) mass is 328 g/mol. The number of benzene rings is 1. The van der Waals surface area contributed by atoms with E-state index in [1.165, 1.54) is 31.5 Å². The van der Waals surface area contributed by atoms with Crippen molar-refractivity contribution in [2.45, 2.75) is 39.5 Å². The van der Waals surface area contributed by atoms with Gasteiger partial charge in [0.05, 0.1) is 0 Å². The van der Waals surface area contributed by atoms with E-state index in [-0.39, 0.29) is 5.91 Å². The molecule has 1 atom stereocenters. The third-order valence-corrected chi connectivity index (χ3v) is 4.82. The highest BCUT2D eigenvalue weighted by molar-refractivity contribution is 5.96. The van der Waals surface area contributed by atoms with E-state index in [1.807, 2.05) is 31.2 Å². The first-order valence-electron chi connectivity index (χ1n) is 9.12. The second kappa shape index (κ2) is 7.84. The molecule has 0 aliphatic carbocycles. The van der Waals surface area contributed by atoms with E-state index in [9.17, 15) is 4.79 Å². The Kier molecular flexibility index (Phi) is 5.56. The standard InChI is InChI=1S/C20H28N2O2/c1-15-7-8-18-17(12-15)13-19(24-18)20(23)21-9-3-4-10-22-11-5-6-16(2)14-22/h7-8,12-13,16H,3-6,9-11,14H2,1-2H3,(H,21,23)/t16-/m0/s1. The molecule has 1 aliphatic heterocycles. The first-order valence-corrected chi connectivity index (χ1v) is 9.12. The number of fused-ring (bicyclic) bond motifs is 1. The Morgan fingerprint density at radius 1 is 1.33 bits per heavy atom. The Morgan fingerprint density at radius 3 is 3.04 bits per heavy atom. The quantitative estimate of drug-likeness (QED) is 0.816. The van der Waals surface area contributed by atoms with Crippen LogP contribution in [0.3, 0.4) is 0 Å². The fourth-order valence-corrected chi connectivity index (χ4v) is 3.51. The van der Waals surface area contributed by atoms with Crippen LogP contribution < -0.4 is 5.32 Å². The second-order valence-corrected chi connectivity index (χ2v) is 7.16. The van der Waals surface area contributed by atoms with Gasteiger partial charge in [-0.3, -0.25) is 4.79 Å². The van der Waals surface area contributed by atoms with E-state index >= 15 is 0 Å². The van der Waals surface area contributed by atoms with E-state index in [2.05, 4.69) is 17.1 Å². The van der Waals surface area contributed by atoms with Gasteiger partial charge in [-0.25, -0.2) is 0 Å². The minimum Gasteiger partial charge on any atom is -0.451 e. The Balaban J connectivity index is 1.40. The molecular formula is C20H28N2O2. The van der Waals surface area contributed by atoms with Crippen molar-refractivity contribution in [3.05, 3.63) is 35.6 Å². The van der Waals surface area contributed by atoms with Gasteiger partial charge in [0.15, 0.2) is 5.76 Å². The number of hydrogen-bond acceptors (Lipinski definition) is 3. The number of piperidine rings is 1. The van der Waals surface area contributed by atoms with Crippen molar-refractivity contribution in [2.75, 3.05) is 26.2 Å². The van der Waals surface area contributed by atoms with Gasteiger partial charge in [0.2, 0.25) is 0 Å². The van der Waals surface area contributed by atoms with Crippen LogP contribution >= 0.6 is 0 Å². The highest BCUT2D eigenvalue weighted by Crippen LogP contribution is 2.20. The van der Waals surface area contributed by atoms with Crippen molar-refractivity contribution in [2.24, 2.45) is 5.92 Å². The lowest BCUT2D eigenvalue weighted by molar-refractivity contribution is 0.0926. The van der Waals surface area contributed by atoms with Crippen LogP contribution in [-0.2, 0) is 0 Å². The highest BCUT2D eigenvalue weighted by Gasteiger charge is 2.15. The lowest BCUT2D eigenvalue weighted by Gasteiger charge is -2.30. The lowest BCUT2D eigenvalue weighted by atomic mass is 10.0. The fourth-order valence-electron chi connectivity index (χ4n) is 3.51. The molecule has 4 heteroatoms. The zero-order valence-corrected chi connectivity index (χ0v) is 14.8. The summed E-state index contributed by atoms with van der Waals surface area (Å²) in [6, 6.07) is 7.78. The Hall–Kier alpha value is -1.81. The number of amides is 1. The third-order valence-electron chi connectivity index (χ3n) is 4.82. The number of carbonyl (C=O) groups excluding carboxylic acids is 1. The van der Waals surface area contributed by atoms with Crippen molar-refractivity contribution in [3.63, 3.8) is 0 Å². The molecule has 1 N–H and O–H groups in total. The first-order chi connectivity index (χ1) is 11.6. The molecule has 130 valence electrons. The molecule has 0 bridgehead atoms. The Bertz CT molecular complexity index is 692. The SMILES string of the molecule is Cc1ccc2oc(C(=O)NCCCCN3CCC[C@H](C)C3)cc2c1. The average molecular weight is 328 g/mol. The van der Waals surface area contributed by atoms with Crippen LogP contribution in [0.1, 0.15) is 48.7 Å². The Labute approximate surface area is 144 Å². The summed E-state index contributed by atoms with van der Waals surface area (Å²) in [6.45, 7) is 8.68. The predicted octanol–water partition coefficient (Wildman–Crippen LogP) is 3.98. The molecule has 2 heterocycles. The normalized spacial score (nSPS) is 18.8. The van der Waals surface area contributed by atoms with E-state index in [0.717, 1.165) is 36.3 Å². The molecule has 1 aliphatic rings. The van der Waals surface area contributed by atoms with Crippen molar-refractivity contribution in [1.29, 1.82) is 0 Å². The topological polar surface area (TPSA) is 45.5 Å². The molecule has 24 heavy (non-hydrogen) atoms. The smallest absolute Gasteiger partial charge is 0.287 e. The Morgan fingerprint density at radius 2 is 2.21 bits per heavy atom. The van der Waals surface area contributed by atoms with Gasteiger partial charge >= 0.3 is 0 Å². The molecule has 2 aromatic rings. The van der Waals surface area contributed by atoms with E-state index in [0.29, 0.717) is 12.3 Å². The number of unbranched alkanes of at least 4 members (excludes halogenated alkanes) is 1. The second-order valence-electron chi connectivity index (χ2n) is 7.16. The van der Waals surface area contributed by atoms with Crippen molar-refractivity contribution in [1.82, 2.24) is 10.2 Å². The summed E-state index contributed by atoms with van der Waals surface area (Å²) in [5.41, 5.74) is 1.94. The summed E-state index contributed by atoms with van der Waals surface area (Å²) >= 11 is 0. The molecule has 1 fully saturated rings. The number of nitrogens with zero attached hydrogens (tertiary/aromatic N) is 1. The summed E-state index contributed by atoms with van der Waals surface area (Å²) in [5, 5.41) is 3.96. The molecule has 1 amide bonds. The van der Waals surface area contributed by atoms with Gasteiger partial charge < -0.3 is 14.6 Å². The molecule has 0 unspecified atom stereocenters. The molecule has 1 aromatic carbocycles. The maximum absolute atomic E-state index is 12.2. The predicted molar refractivity (Wildman–Crippen MR) is 97.4 cm³/mol. The van der Waals surface area contributed by atoms with Crippen LogP contribution in [0, 0.1) is 12.8 Å². The number of furan rings is 1. The number of aryl methyl sites for hydroxylation is 1. The number of likely N-dealkylation sites (tertiary alicyclic amines) is 1. The first kappa shape index (κ1) is 17.0. The number of hydrogen-bond donors (Lipinski definition) is 1. The summed E-state index contributed by atoms with van der Waals surface area (Å²) in [7, 11) is 0. The molecule has 4 nitrogen and oxygen atoms in total. The number of rotatable bonds is 6. The van der Waals surface area contributed by atoms with Crippen molar-refractivity contribution >= 4 is 16.9 Å². The van der Waals surface area contributed by atoms with E-state index < -0.39 is 0 Å². The van der Waals surface area contributed by atoms with Gasteiger partial charge in [-0.2, -0.15) is 0 Å². The van der Waals surface area contributed by atoms with Gasteiger partial charge in [0.25, 0.3) is 5.91 Å². The fraction of sp³-hybridized carbons (Fsp3) is 0.550. The van der Waals surface area contributed by atoms with Crippen molar-refractivity contribution < 1.29 is 9.21 Å². The highest BCUT2D eigenvalue weighted by atomic mass is 16.3. The van der Waals surface area contributed by atoms with E-state index in [4.69, 9.17) is 4.42 Å². The van der Waals surface area contributed by atoms with Gasteiger partial charge in [-0.15, -0.1) is 0 Å². The molecule has 1 aromatic heterocycles. The van der Waals surface area contributed by atoms with Crippen LogP contribution in [0.4, 0.5) is 0 Å². The zero-order valence-electron chi connectivity index (χ0n) is 14.8. The largest absolute Gasteiger partial charge is 0.451 e. The number of carbonyl (C=O) groups is 1. The van der Waals surface area contributed by atoms with Gasteiger partial charge in [0, 0.05) is 18.5 Å². The van der Waals surface area contributed by atoms with Crippen LogP contribution in [0.5, 0.6) is 0 Å². The molecule has 3 rings (SSSR count). The van der Waals surface area contributed by atoms with Gasteiger partial charge in [-0.1, -0.05) is 18.6 Å². The average Bonchev–Trinajstić information content (AvgIpc) is 2.97. The van der Waals surface area contributed by atoms with Crippen LogP contribution in [0.15, 0.2) is 28.7 Å². The number of nitrogens with one attached hydrogen (secondary N) is 1.